The largest absolute Gasteiger partial charge is 0.320 e. The number of nitrogens with two attached hydrogens (primary N) is 1. The predicted molar refractivity (Wildman–Crippen MR) is 65.7 cm³/mol. The van der Waals surface area contributed by atoms with Crippen molar-refractivity contribution in [3.63, 3.8) is 0 Å². The molecule has 2 atom stereocenters. The lowest BCUT2D eigenvalue weighted by atomic mass is 10.0. The Morgan fingerprint density at radius 3 is 2.12 bits per heavy atom. The molecule has 0 aliphatic carbocycles. The van der Waals surface area contributed by atoms with E-state index < -0.39 is 0 Å². The molecular weight excluding hydrogens is 210 g/mol. The zero-order valence-electron chi connectivity index (χ0n) is 9.41. The van der Waals surface area contributed by atoms with Crippen molar-refractivity contribution in [3.05, 3.63) is 71.8 Å². The third-order valence-electron chi connectivity index (χ3n) is 3.21. The van der Waals surface area contributed by atoms with Gasteiger partial charge in [0.05, 0.1) is 0 Å². The van der Waals surface area contributed by atoms with E-state index in [-0.39, 0.29) is 11.8 Å². The van der Waals surface area contributed by atoms with Gasteiger partial charge in [0.2, 0.25) is 11.8 Å². The van der Waals surface area contributed by atoms with Gasteiger partial charge in [-0.1, -0.05) is 60.7 Å². The normalized spacial score (nSPS) is 22.1. The first-order valence-electron chi connectivity index (χ1n) is 5.85. The highest BCUT2D eigenvalue weighted by Crippen LogP contribution is 2.22. The molecule has 0 radical (unpaired) electrons. The molecule has 2 nitrogen and oxygen atoms in total. The molecule has 0 amide bonds. The Morgan fingerprint density at radius 2 is 1.47 bits per heavy atom. The highest BCUT2D eigenvalue weighted by Gasteiger charge is 2.50. The summed E-state index contributed by atoms with van der Waals surface area (Å²) in [6.45, 7) is 0. The predicted octanol–water partition coefficient (Wildman–Crippen LogP) is 1.56. The molecule has 17 heavy (non-hydrogen) atoms. The molecule has 2 aromatic rings. The molecule has 0 bridgehead atoms. The highest BCUT2D eigenvalue weighted by atomic mass is 16.1. The molecule has 1 aliphatic heterocycles. The van der Waals surface area contributed by atoms with Crippen LogP contribution in [0.15, 0.2) is 60.7 Å². The molecule has 3 rings (SSSR count). The second-order valence-corrected chi connectivity index (χ2v) is 4.38. The van der Waals surface area contributed by atoms with Crippen molar-refractivity contribution in [1.82, 2.24) is 0 Å². The second kappa shape index (κ2) is 4.15. The molecule has 84 valence electrons. The number of Topliss-reactive ketones (excluding diaryl/α,β-unsaturated/α-hetero) is 1. The van der Waals surface area contributed by atoms with E-state index in [1.807, 2.05) is 48.5 Å². The van der Waals surface area contributed by atoms with E-state index >= 15 is 0 Å². The third-order valence-corrected chi connectivity index (χ3v) is 3.21. The van der Waals surface area contributed by atoms with Crippen molar-refractivity contribution < 1.29 is 10.1 Å². The number of benzene rings is 2. The molecule has 2 N–H and O–H groups in total. The van der Waals surface area contributed by atoms with Crippen LogP contribution >= 0.6 is 0 Å². The van der Waals surface area contributed by atoms with Crippen LogP contribution < -0.4 is 5.32 Å². The SMILES string of the molecule is O=C(c1ccccc1)[C@@H]1[NH2+][C@@H]1c1ccccc1. The zero-order chi connectivity index (χ0) is 11.7. The summed E-state index contributed by atoms with van der Waals surface area (Å²) in [5, 5.41) is 2.12. The van der Waals surface area contributed by atoms with E-state index in [1.54, 1.807) is 0 Å². The molecule has 2 heteroatoms. The minimum absolute atomic E-state index is 0.0693. The van der Waals surface area contributed by atoms with Crippen LogP contribution in [0.5, 0.6) is 0 Å². The fraction of sp³-hybridized carbons (Fsp3) is 0.133. The lowest BCUT2D eigenvalue weighted by Crippen LogP contribution is -2.62. The van der Waals surface area contributed by atoms with Gasteiger partial charge in [-0.25, -0.2) is 0 Å². The van der Waals surface area contributed by atoms with Crippen LogP contribution in [0, 0.1) is 0 Å². The summed E-state index contributed by atoms with van der Waals surface area (Å²) in [5.41, 5.74) is 2.05. The number of hydrogen-bond donors (Lipinski definition) is 1. The van der Waals surface area contributed by atoms with Gasteiger partial charge in [-0.15, -0.1) is 0 Å². The van der Waals surface area contributed by atoms with E-state index in [9.17, 15) is 4.79 Å². The Hall–Kier alpha value is -1.93. The zero-order valence-corrected chi connectivity index (χ0v) is 9.41. The van der Waals surface area contributed by atoms with E-state index in [2.05, 4.69) is 17.4 Å². The molecule has 0 saturated carbocycles. The van der Waals surface area contributed by atoms with Gasteiger partial charge in [-0.2, -0.15) is 0 Å². The van der Waals surface area contributed by atoms with Crippen molar-refractivity contribution in [2.45, 2.75) is 12.1 Å². The van der Waals surface area contributed by atoms with Gasteiger partial charge < -0.3 is 5.32 Å². The number of carbonyl (C=O) groups excluding carboxylic acids is 1. The van der Waals surface area contributed by atoms with Crippen LogP contribution in [0.4, 0.5) is 0 Å². The Kier molecular flexibility index (Phi) is 2.50. The fourth-order valence-electron chi connectivity index (χ4n) is 2.20. The summed E-state index contributed by atoms with van der Waals surface area (Å²) >= 11 is 0. The topological polar surface area (TPSA) is 33.7 Å². The quantitative estimate of drug-likeness (QED) is 0.623. The standard InChI is InChI=1S/C15H13NO/c17-15(12-9-5-2-6-10-12)14-13(16-14)11-7-3-1-4-8-11/h1-10,13-14,16H/p+1/t13-,14-/m1/s1. The smallest absolute Gasteiger partial charge is 0.226 e. The number of ketones is 1. The van der Waals surface area contributed by atoms with Crippen molar-refractivity contribution in [3.8, 4) is 0 Å². The minimum atomic E-state index is 0.0693. The summed E-state index contributed by atoms with van der Waals surface area (Å²) < 4.78 is 0. The number of carbonyl (C=O) groups is 1. The van der Waals surface area contributed by atoms with Crippen LogP contribution in [-0.2, 0) is 0 Å². The van der Waals surface area contributed by atoms with Crippen LogP contribution in [0.1, 0.15) is 22.0 Å². The maximum atomic E-state index is 12.2. The highest BCUT2D eigenvalue weighted by molar-refractivity contribution is 6.00. The first kappa shape index (κ1) is 10.2. The van der Waals surface area contributed by atoms with E-state index in [4.69, 9.17) is 0 Å². The summed E-state index contributed by atoms with van der Waals surface area (Å²) in [6, 6.07) is 20.1. The van der Waals surface area contributed by atoms with E-state index in [1.165, 1.54) is 5.56 Å². The molecule has 0 aromatic heterocycles. The lowest BCUT2D eigenvalue weighted by molar-refractivity contribution is -0.511. The lowest BCUT2D eigenvalue weighted by Gasteiger charge is -1.94. The Balaban J connectivity index is 1.76. The van der Waals surface area contributed by atoms with Crippen molar-refractivity contribution in [2.24, 2.45) is 0 Å². The van der Waals surface area contributed by atoms with Gasteiger partial charge >= 0.3 is 0 Å². The second-order valence-electron chi connectivity index (χ2n) is 4.38. The number of quaternary nitrogens is 1. The van der Waals surface area contributed by atoms with Crippen LogP contribution in [-0.4, -0.2) is 11.8 Å². The Labute approximate surface area is 100 Å². The van der Waals surface area contributed by atoms with E-state index in [0.29, 0.717) is 6.04 Å². The molecule has 1 fully saturated rings. The molecule has 0 spiro atoms. The van der Waals surface area contributed by atoms with Crippen molar-refractivity contribution >= 4 is 5.78 Å². The number of rotatable bonds is 3. The summed E-state index contributed by atoms with van der Waals surface area (Å²) in [5.74, 6) is 0.236. The van der Waals surface area contributed by atoms with Gasteiger partial charge in [0.15, 0.2) is 6.04 Å². The monoisotopic (exact) mass is 224 g/mol. The third kappa shape index (κ3) is 1.99. The molecule has 2 aromatic carbocycles. The molecule has 1 aliphatic rings. The average Bonchev–Trinajstić information content (AvgIpc) is 3.20. The minimum Gasteiger partial charge on any atom is -0.320 e. The Morgan fingerprint density at radius 1 is 0.882 bits per heavy atom. The first-order valence-corrected chi connectivity index (χ1v) is 5.85. The Bertz CT molecular complexity index is 521. The fourth-order valence-corrected chi connectivity index (χ4v) is 2.20. The van der Waals surface area contributed by atoms with Gasteiger partial charge in [-0.05, 0) is 0 Å². The van der Waals surface area contributed by atoms with Crippen LogP contribution in [0.25, 0.3) is 0 Å². The van der Waals surface area contributed by atoms with Crippen LogP contribution in [0.2, 0.25) is 0 Å². The summed E-state index contributed by atoms with van der Waals surface area (Å²) in [7, 11) is 0. The molecular formula is C15H14NO+. The average molecular weight is 224 g/mol. The van der Waals surface area contributed by atoms with E-state index in [0.717, 1.165) is 5.56 Å². The maximum Gasteiger partial charge on any atom is 0.226 e. The number of hydrogen-bond acceptors (Lipinski definition) is 1. The summed E-state index contributed by atoms with van der Waals surface area (Å²) in [6.07, 6.45) is 0. The van der Waals surface area contributed by atoms with Gasteiger partial charge in [0.25, 0.3) is 0 Å². The van der Waals surface area contributed by atoms with Crippen LogP contribution in [0.3, 0.4) is 0 Å². The van der Waals surface area contributed by atoms with Crippen molar-refractivity contribution in [2.75, 3.05) is 0 Å². The van der Waals surface area contributed by atoms with Gasteiger partial charge in [-0.3, -0.25) is 4.79 Å². The molecule has 1 heterocycles. The summed E-state index contributed by atoms with van der Waals surface area (Å²) in [4.78, 5) is 12.2. The van der Waals surface area contributed by atoms with Gasteiger partial charge in [0.1, 0.15) is 0 Å². The molecule has 1 saturated heterocycles. The first-order chi connectivity index (χ1) is 8.36. The van der Waals surface area contributed by atoms with Crippen molar-refractivity contribution in [1.29, 1.82) is 0 Å². The molecule has 0 unspecified atom stereocenters. The maximum absolute atomic E-state index is 12.2. The van der Waals surface area contributed by atoms with Gasteiger partial charge in [0, 0.05) is 11.1 Å².